The van der Waals surface area contributed by atoms with Gasteiger partial charge in [-0.3, -0.25) is 0 Å². The van der Waals surface area contributed by atoms with E-state index in [9.17, 15) is 20.4 Å². The van der Waals surface area contributed by atoms with Gasteiger partial charge in [0.25, 0.3) is 0 Å². The predicted molar refractivity (Wildman–Crippen MR) is 105 cm³/mol. The lowest BCUT2D eigenvalue weighted by molar-refractivity contribution is 0.206. The SMILES string of the molecule is CCCc1c(O)c(C(O)c2ccccc2)cc(C(O)c2ccccc2)c1O. The van der Waals surface area contributed by atoms with Crippen LogP contribution in [0, 0.1) is 0 Å². The Labute approximate surface area is 159 Å². The van der Waals surface area contributed by atoms with E-state index in [0.29, 0.717) is 29.5 Å². The van der Waals surface area contributed by atoms with Crippen LogP contribution < -0.4 is 0 Å². The van der Waals surface area contributed by atoms with E-state index in [1.807, 2.05) is 43.3 Å². The second-order valence-corrected chi connectivity index (χ2v) is 6.61. The standard InChI is InChI=1S/C23H24O4/c1-2-9-17-22(26)18(20(24)15-10-5-3-6-11-15)14-19(23(17)27)21(25)16-12-7-4-8-13-16/h3-8,10-14,20-21,24-27H,2,9H2,1H3. The molecule has 27 heavy (non-hydrogen) atoms. The molecule has 140 valence electrons. The highest BCUT2D eigenvalue weighted by atomic mass is 16.3. The van der Waals surface area contributed by atoms with Crippen molar-refractivity contribution >= 4 is 0 Å². The monoisotopic (exact) mass is 364 g/mol. The third-order valence-electron chi connectivity index (χ3n) is 4.75. The normalized spacial score (nSPS) is 13.3. The van der Waals surface area contributed by atoms with E-state index in [-0.39, 0.29) is 22.6 Å². The van der Waals surface area contributed by atoms with Crippen LogP contribution in [0.5, 0.6) is 11.5 Å². The first-order chi connectivity index (χ1) is 13.0. The smallest absolute Gasteiger partial charge is 0.128 e. The summed E-state index contributed by atoms with van der Waals surface area (Å²) in [6.45, 7) is 1.94. The maximum absolute atomic E-state index is 10.8. The summed E-state index contributed by atoms with van der Waals surface area (Å²) in [5.41, 5.74) is 2.14. The first-order valence-corrected chi connectivity index (χ1v) is 9.08. The Kier molecular flexibility index (Phi) is 5.79. The summed E-state index contributed by atoms with van der Waals surface area (Å²) in [4.78, 5) is 0. The molecule has 3 aromatic rings. The second kappa shape index (κ2) is 8.25. The minimum atomic E-state index is -1.07. The zero-order valence-electron chi connectivity index (χ0n) is 15.2. The van der Waals surface area contributed by atoms with Crippen molar-refractivity contribution in [2.45, 2.75) is 32.0 Å². The van der Waals surface area contributed by atoms with Gasteiger partial charge in [-0.1, -0.05) is 74.0 Å². The van der Waals surface area contributed by atoms with Crippen LogP contribution in [0.1, 0.15) is 53.4 Å². The third-order valence-corrected chi connectivity index (χ3v) is 4.75. The molecule has 3 aromatic carbocycles. The summed E-state index contributed by atoms with van der Waals surface area (Å²) >= 11 is 0. The van der Waals surface area contributed by atoms with E-state index in [4.69, 9.17) is 0 Å². The molecule has 0 aliphatic carbocycles. The number of hydrogen-bond acceptors (Lipinski definition) is 4. The van der Waals surface area contributed by atoms with Gasteiger partial charge in [-0.2, -0.15) is 0 Å². The molecule has 0 heterocycles. The number of aliphatic hydroxyl groups is 2. The van der Waals surface area contributed by atoms with Crippen molar-refractivity contribution in [3.8, 4) is 11.5 Å². The van der Waals surface area contributed by atoms with Crippen LogP contribution in [0.4, 0.5) is 0 Å². The quantitative estimate of drug-likeness (QED) is 0.528. The molecule has 0 spiro atoms. The van der Waals surface area contributed by atoms with Gasteiger partial charge in [-0.25, -0.2) is 0 Å². The highest BCUT2D eigenvalue weighted by Crippen LogP contribution is 2.43. The maximum atomic E-state index is 10.8. The Bertz CT molecular complexity index is 822. The van der Waals surface area contributed by atoms with Gasteiger partial charge in [0.2, 0.25) is 0 Å². The fraction of sp³-hybridized carbons (Fsp3) is 0.217. The number of aliphatic hydroxyl groups excluding tert-OH is 2. The third kappa shape index (κ3) is 3.82. The lowest BCUT2D eigenvalue weighted by Crippen LogP contribution is -2.07. The zero-order chi connectivity index (χ0) is 19.4. The van der Waals surface area contributed by atoms with Gasteiger partial charge < -0.3 is 20.4 Å². The van der Waals surface area contributed by atoms with Crippen molar-refractivity contribution in [3.05, 3.63) is 94.5 Å². The number of phenolic OH excluding ortho intramolecular Hbond substituents is 2. The van der Waals surface area contributed by atoms with E-state index in [1.54, 1.807) is 24.3 Å². The van der Waals surface area contributed by atoms with Crippen molar-refractivity contribution in [1.82, 2.24) is 0 Å². The Morgan fingerprint density at radius 2 is 1.11 bits per heavy atom. The van der Waals surface area contributed by atoms with Gasteiger partial charge in [0.1, 0.15) is 23.7 Å². The lowest BCUT2D eigenvalue weighted by atomic mass is 9.90. The average molecular weight is 364 g/mol. The van der Waals surface area contributed by atoms with Crippen molar-refractivity contribution in [2.75, 3.05) is 0 Å². The summed E-state index contributed by atoms with van der Waals surface area (Å²) in [7, 11) is 0. The van der Waals surface area contributed by atoms with E-state index in [2.05, 4.69) is 0 Å². The molecule has 0 saturated carbocycles. The molecular formula is C23H24O4. The highest BCUT2D eigenvalue weighted by Gasteiger charge is 2.25. The maximum Gasteiger partial charge on any atom is 0.128 e. The molecule has 2 unspecified atom stereocenters. The Hall–Kier alpha value is -2.82. The van der Waals surface area contributed by atoms with Crippen molar-refractivity contribution in [3.63, 3.8) is 0 Å². The van der Waals surface area contributed by atoms with Crippen LogP contribution in [-0.2, 0) is 6.42 Å². The van der Waals surface area contributed by atoms with Crippen LogP contribution in [0.3, 0.4) is 0 Å². The number of benzene rings is 3. The van der Waals surface area contributed by atoms with Crippen LogP contribution in [0.15, 0.2) is 66.7 Å². The molecule has 0 aromatic heterocycles. The van der Waals surface area contributed by atoms with Crippen LogP contribution in [0.25, 0.3) is 0 Å². The van der Waals surface area contributed by atoms with Gasteiger partial charge in [0.15, 0.2) is 0 Å². The predicted octanol–water partition coefficient (Wildman–Crippen LogP) is 4.21. The second-order valence-electron chi connectivity index (χ2n) is 6.61. The van der Waals surface area contributed by atoms with Crippen molar-refractivity contribution in [1.29, 1.82) is 0 Å². The molecule has 4 N–H and O–H groups in total. The first kappa shape index (κ1) is 19.0. The molecule has 0 aliphatic rings. The molecule has 2 atom stereocenters. The number of hydrogen-bond donors (Lipinski definition) is 4. The molecule has 0 fully saturated rings. The van der Waals surface area contributed by atoms with Crippen molar-refractivity contribution in [2.24, 2.45) is 0 Å². The summed E-state index contributed by atoms with van der Waals surface area (Å²) in [6.07, 6.45) is -0.998. The molecule has 3 rings (SSSR count). The number of rotatable bonds is 6. The largest absolute Gasteiger partial charge is 0.507 e. The molecule has 0 bridgehead atoms. The van der Waals surface area contributed by atoms with Gasteiger partial charge in [0, 0.05) is 16.7 Å². The van der Waals surface area contributed by atoms with Crippen LogP contribution >= 0.6 is 0 Å². The molecule has 0 saturated heterocycles. The fourth-order valence-corrected chi connectivity index (χ4v) is 3.30. The highest BCUT2D eigenvalue weighted by molar-refractivity contribution is 5.57. The molecule has 0 aliphatic heterocycles. The molecule has 4 heteroatoms. The Morgan fingerprint density at radius 3 is 1.48 bits per heavy atom. The average Bonchev–Trinajstić information content (AvgIpc) is 2.71. The van der Waals surface area contributed by atoms with Gasteiger partial charge in [0.05, 0.1) is 0 Å². The number of aromatic hydroxyl groups is 2. The van der Waals surface area contributed by atoms with Crippen LogP contribution in [-0.4, -0.2) is 20.4 Å². The van der Waals surface area contributed by atoms with E-state index >= 15 is 0 Å². The van der Waals surface area contributed by atoms with E-state index in [1.165, 1.54) is 6.07 Å². The van der Waals surface area contributed by atoms with Gasteiger partial charge in [-0.15, -0.1) is 0 Å². The molecule has 0 radical (unpaired) electrons. The van der Waals surface area contributed by atoms with E-state index in [0.717, 1.165) is 0 Å². The number of phenols is 2. The van der Waals surface area contributed by atoms with Gasteiger partial charge in [-0.05, 0) is 23.6 Å². The minimum Gasteiger partial charge on any atom is -0.507 e. The minimum absolute atomic E-state index is 0.130. The summed E-state index contributed by atoms with van der Waals surface area (Å²) in [5, 5.41) is 43.0. The summed E-state index contributed by atoms with van der Waals surface area (Å²) in [5.74, 6) is -0.260. The Balaban J connectivity index is 2.15. The summed E-state index contributed by atoms with van der Waals surface area (Å²) in [6, 6.07) is 19.5. The fourth-order valence-electron chi connectivity index (χ4n) is 3.30. The molecule has 4 nitrogen and oxygen atoms in total. The van der Waals surface area contributed by atoms with Gasteiger partial charge >= 0.3 is 0 Å². The topological polar surface area (TPSA) is 80.9 Å². The van der Waals surface area contributed by atoms with E-state index < -0.39 is 12.2 Å². The Morgan fingerprint density at radius 1 is 0.704 bits per heavy atom. The van der Waals surface area contributed by atoms with Crippen LogP contribution in [0.2, 0.25) is 0 Å². The lowest BCUT2D eigenvalue weighted by Gasteiger charge is -2.22. The molecular weight excluding hydrogens is 340 g/mol. The summed E-state index contributed by atoms with van der Waals surface area (Å²) < 4.78 is 0. The van der Waals surface area contributed by atoms with Crippen molar-refractivity contribution < 1.29 is 20.4 Å². The molecule has 0 amide bonds. The zero-order valence-corrected chi connectivity index (χ0v) is 15.2. The first-order valence-electron chi connectivity index (χ1n) is 9.08.